The molecule has 168 valence electrons. The lowest BCUT2D eigenvalue weighted by atomic mass is 9.82. The summed E-state index contributed by atoms with van der Waals surface area (Å²) in [7, 11) is 0. The van der Waals surface area contributed by atoms with Gasteiger partial charge in [0.05, 0.1) is 0 Å². The average molecular weight is 435 g/mol. The van der Waals surface area contributed by atoms with Crippen molar-refractivity contribution < 1.29 is 9.59 Å². The molecule has 2 atom stereocenters. The highest BCUT2D eigenvalue weighted by Gasteiger charge is 2.38. The van der Waals surface area contributed by atoms with E-state index >= 15 is 0 Å². The topological polar surface area (TPSA) is 74.7 Å². The van der Waals surface area contributed by atoms with E-state index in [-0.39, 0.29) is 17.4 Å². The van der Waals surface area contributed by atoms with Crippen LogP contribution in [0.15, 0.2) is 47.3 Å². The van der Waals surface area contributed by atoms with E-state index in [1.807, 2.05) is 33.7 Å². The summed E-state index contributed by atoms with van der Waals surface area (Å²) in [6.07, 6.45) is 3.16. The third-order valence-corrected chi connectivity index (χ3v) is 7.34. The van der Waals surface area contributed by atoms with Gasteiger partial charge in [-0.25, -0.2) is 0 Å². The van der Waals surface area contributed by atoms with E-state index < -0.39 is 0 Å². The highest BCUT2D eigenvalue weighted by atomic mass is 16.2. The van der Waals surface area contributed by atoms with Crippen LogP contribution >= 0.6 is 0 Å². The molecule has 3 aliphatic rings. The van der Waals surface area contributed by atoms with Crippen molar-refractivity contribution in [1.29, 1.82) is 0 Å². The smallest absolute Gasteiger partial charge is 0.274 e. The molecule has 7 heteroatoms. The molecular formula is C25H30N4O3. The van der Waals surface area contributed by atoms with Gasteiger partial charge in [0.25, 0.3) is 11.5 Å². The summed E-state index contributed by atoms with van der Waals surface area (Å²) < 4.78 is 1.88. The van der Waals surface area contributed by atoms with Crippen LogP contribution in [-0.4, -0.2) is 58.4 Å². The van der Waals surface area contributed by atoms with Gasteiger partial charge in [0.2, 0.25) is 5.91 Å². The van der Waals surface area contributed by atoms with Crippen LogP contribution in [0.25, 0.3) is 0 Å². The van der Waals surface area contributed by atoms with E-state index in [0.717, 1.165) is 51.1 Å². The minimum absolute atomic E-state index is 0.107. The zero-order valence-corrected chi connectivity index (χ0v) is 18.5. The molecule has 2 bridgehead atoms. The Morgan fingerprint density at radius 1 is 0.969 bits per heavy atom. The first-order chi connectivity index (χ1) is 15.5. The molecule has 2 fully saturated rings. The zero-order chi connectivity index (χ0) is 22.2. The fraction of sp³-hybridized carbons (Fsp3) is 0.480. The van der Waals surface area contributed by atoms with Crippen molar-refractivity contribution >= 4 is 17.5 Å². The predicted molar refractivity (Wildman–Crippen MR) is 123 cm³/mol. The number of benzene rings is 1. The second-order valence-electron chi connectivity index (χ2n) is 9.40. The number of likely N-dealkylation sites (tertiary alicyclic amines) is 2. The van der Waals surface area contributed by atoms with Gasteiger partial charge in [0, 0.05) is 62.9 Å². The largest absolute Gasteiger partial charge is 0.343 e. The SMILES string of the molecule is CC(=O)N1CCC(N2CC3CC(C2)c2ccc(NC(=O)c4ccccc4)c(=O)n2C3)CC1. The maximum atomic E-state index is 13.2. The fourth-order valence-corrected chi connectivity index (χ4v) is 5.71. The molecule has 4 heterocycles. The average Bonchev–Trinajstić information content (AvgIpc) is 2.81. The molecule has 1 aromatic carbocycles. The van der Waals surface area contributed by atoms with Crippen molar-refractivity contribution in [3.8, 4) is 0 Å². The lowest BCUT2D eigenvalue weighted by Crippen LogP contribution is -2.53. The number of piperidine rings is 2. The van der Waals surface area contributed by atoms with Crippen LogP contribution in [0.4, 0.5) is 5.69 Å². The second-order valence-corrected chi connectivity index (χ2v) is 9.40. The number of pyridine rings is 1. The van der Waals surface area contributed by atoms with Gasteiger partial charge in [0.15, 0.2) is 0 Å². The lowest BCUT2D eigenvalue weighted by Gasteiger charge is -2.47. The van der Waals surface area contributed by atoms with Gasteiger partial charge in [-0.1, -0.05) is 18.2 Å². The summed E-state index contributed by atoms with van der Waals surface area (Å²) in [5.41, 5.74) is 1.86. The van der Waals surface area contributed by atoms with E-state index in [1.165, 1.54) is 0 Å². The molecule has 1 aromatic heterocycles. The highest BCUT2D eigenvalue weighted by molar-refractivity contribution is 6.04. The maximum Gasteiger partial charge on any atom is 0.274 e. The number of amides is 2. The minimum atomic E-state index is -0.262. The van der Waals surface area contributed by atoms with Gasteiger partial charge in [-0.3, -0.25) is 19.3 Å². The first-order valence-electron chi connectivity index (χ1n) is 11.6. The normalized spacial score (nSPS) is 23.5. The van der Waals surface area contributed by atoms with Gasteiger partial charge < -0.3 is 14.8 Å². The molecule has 32 heavy (non-hydrogen) atoms. The summed E-state index contributed by atoms with van der Waals surface area (Å²) in [4.78, 5) is 41.9. The maximum absolute atomic E-state index is 13.2. The van der Waals surface area contributed by atoms with Crippen LogP contribution < -0.4 is 10.9 Å². The number of nitrogens with zero attached hydrogens (tertiary/aromatic N) is 3. The van der Waals surface area contributed by atoms with Crippen LogP contribution in [-0.2, 0) is 11.3 Å². The van der Waals surface area contributed by atoms with E-state index in [9.17, 15) is 14.4 Å². The van der Waals surface area contributed by atoms with E-state index in [0.29, 0.717) is 35.7 Å². The molecular weight excluding hydrogens is 404 g/mol. The minimum Gasteiger partial charge on any atom is -0.343 e. The number of carbonyl (C=O) groups is 2. The molecule has 2 amide bonds. The van der Waals surface area contributed by atoms with E-state index in [4.69, 9.17) is 0 Å². The number of aromatic nitrogens is 1. The number of nitrogens with one attached hydrogen (secondary N) is 1. The molecule has 2 aromatic rings. The molecule has 2 unspecified atom stereocenters. The van der Waals surface area contributed by atoms with Crippen molar-refractivity contribution in [2.24, 2.45) is 5.92 Å². The van der Waals surface area contributed by atoms with Gasteiger partial charge in [-0.15, -0.1) is 0 Å². The molecule has 0 radical (unpaired) electrons. The standard InChI is InChI=1S/C25H30N4O3/c1-17(30)27-11-9-21(10-12-27)28-14-18-13-20(16-28)23-8-7-22(25(32)29(23)15-18)26-24(31)19-5-3-2-4-6-19/h2-8,18,20-21H,9-16H2,1H3,(H,26,31). The third-order valence-electron chi connectivity index (χ3n) is 7.34. The number of anilines is 1. The Labute approximate surface area is 188 Å². The predicted octanol–water partition coefficient (Wildman–Crippen LogP) is 2.53. The lowest BCUT2D eigenvalue weighted by molar-refractivity contribution is -0.130. The number of fused-ring (bicyclic) bond motifs is 4. The quantitative estimate of drug-likeness (QED) is 0.806. The Bertz CT molecular complexity index is 1070. The Morgan fingerprint density at radius 2 is 1.72 bits per heavy atom. The molecule has 2 saturated heterocycles. The Balaban J connectivity index is 1.31. The van der Waals surface area contributed by atoms with Crippen molar-refractivity contribution in [1.82, 2.24) is 14.4 Å². The molecule has 0 saturated carbocycles. The first kappa shape index (κ1) is 20.9. The van der Waals surface area contributed by atoms with Gasteiger partial charge in [-0.2, -0.15) is 0 Å². The summed E-state index contributed by atoms with van der Waals surface area (Å²) in [6.45, 7) is 5.97. The van der Waals surface area contributed by atoms with Crippen LogP contribution in [0.3, 0.4) is 0 Å². The van der Waals surface area contributed by atoms with Crippen molar-refractivity contribution in [3.05, 3.63) is 64.1 Å². The van der Waals surface area contributed by atoms with Crippen molar-refractivity contribution in [2.75, 3.05) is 31.5 Å². The molecule has 5 rings (SSSR count). The Morgan fingerprint density at radius 3 is 2.44 bits per heavy atom. The monoisotopic (exact) mass is 434 g/mol. The number of rotatable bonds is 3. The van der Waals surface area contributed by atoms with Crippen molar-refractivity contribution in [3.63, 3.8) is 0 Å². The Kier molecular flexibility index (Phi) is 5.59. The molecule has 1 N–H and O–H groups in total. The number of hydrogen-bond acceptors (Lipinski definition) is 4. The van der Waals surface area contributed by atoms with E-state index in [2.05, 4.69) is 10.2 Å². The van der Waals surface area contributed by atoms with E-state index in [1.54, 1.807) is 25.1 Å². The van der Waals surface area contributed by atoms with Crippen LogP contribution in [0.2, 0.25) is 0 Å². The van der Waals surface area contributed by atoms with Crippen molar-refractivity contribution in [2.45, 2.75) is 44.7 Å². The third kappa shape index (κ3) is 3.97. The van der Waals surface area contributed by atoms with Gasteiger partial charge in [0.1, 0.15) is 5.69 Å². The van der Waals surface area contributed by atoms with Crippen LogP contribution in [0.5, 0.6) is 0 Å². The van der Waals surface area contributed by atoms with Crippen LogP contribution in [0, 0.1) is 5.92 Å². The number of carbonyl (C=O) groups excluding carboxylic acids is 2. The second kappa shape index (κ2) is 8.54. The highest BCUT2D eigenvalue weighted by Crippen LogP contribution is 2.37. The van der Waals surface area contributed by atoms with Crippen LogP contribution in [0.1, 0.15) is 48.2 Å². The zero-order valence-electron chi connectivity index (χ0n) is 18.5. The molecule has 7 nitrogen and oxygen atoms in total. The number of hydrogen-bond donors (Lipinski definition) is 1. The fourth-order valence-electron chi connectivity index (χ4n) is 5.71. The Hall–Kier alpha value is -2.93. The molecule has 0 aliphatic carbocycles. The molecule has 0 spiro atoms. The first-order valence-corrected chi connectivity index (χ1v) is 11.6. The summed E-state index contributed by atoms with van der Waals surface area (Å²) in [6, 6.07) is 13.3. The summed E-state index contributed by atoms with van der Waals surface area (Å²) in [5.74, 6) is 0.675. The van der Waals surface area contributed by atoms with Gasteiger partial charge >= 0.3 is 0 Å². The summed E-state index contributed by atoms with van der Waals surface area (Å²) >= 11 is 0. The van der Waals surface area contributed by atoms with Gasteiger partial charge in [-0.05, 0) is 49.4 Å². The molecule has 3 aliphatic heterocycles. The summed E-state index contributed by atoms with van der Waals surface area (Å²) in [5, 5.41) is 2.80.